The molecule has 10 heteroatoms. The van der Waals surface area contributed by atoms with Crippen molar-refractivity contribution in [1.29, 1.82) is 0 Å². The Morgan fingerprint density at radius 2 is 2.04 bits per heavy atom. The second-order valence-corrected chi connectivity index (χ2v) is 8.09. The standard InChI is InChI=1S/C18H19N7O2S/c1-3-22-28(26,27)13-4-5-15-16(7-13)24-18(23-15)14-6-11(8-20-17(14)19)12-9-21-25(2)10-12/h4-10,22H,3H2,1-2H3,(H2,19,20)(H,23,24). The minimum Gasteiger partial charge on any atom is -0.383 e. The van der Waals surface area contributed by atoms with Gasteiger partial charge in [-0.3, -0.25) is 4.68 Å². The lowest BCUT2D eigenvalue weighted by Crippen LogP contribution is -2.22. The van der Waals surface area contributed by atoms with E-state index in [4.69, 9.17) is 5.73 Å². The molecule has 1 aromatic carbocycles. The van der Waals surface area contributed by atoms with Crippen molar-refractivity contribution in [1.82, 2.24) is 29.5 Å². The molecule has 0 aliphatic heterocycles. The van der Waals surface area contributed by atoms with Crippen LogP contribution in [0.5, 0.6) is 0 Å². The zero-order valence-corrected chi connectivity index (χ0v) is 16.2. The molecule has 0 spiro atoms. The van der Waals surface area contributed by atoms with Crippen molar-refractivity contribution in [2.45, 2.75) is 11.8 Å². The molecule has 3 aromatic heterocycles. The van der Waals surface area contributed by atoms with Crippen LogP contribution < -0.4 is 10.5 Å². The Morgan fingerprint density at radius 3 is 2.75 bits per heavy atom. The summed E-state index contributed by atoms with van der Waals surface area (Å²) in [6.07, 6.45) is 5.31. The van der Waals surface area contributed by atoms with Crippen LogP contribution in [0.15, 0.2) is 47.8 Å². The molecular weight excluding hydrogens is 378 g/mol. The number of rotatable bonds is 5. The lowest BCUT2D eigenvalue weighted by molar-refractivity contribution is 0.584. The van der Waals surface area contributed by atoms with Crippen LogP contribution in [0.25, 0.3) is 33.5 Å². The van der Waals surface area contributed by atoms with Crippen molar-refractivity contribution in [2.75, 3.05) is 12.3 Å². The average Bonchev–Trinajstić information content (AvgIpc) is 3.27. The van der Waals surface area contributed by atoms with E-state index in [1.165, 1.54) is 12.1 Å². The van der Waals surface area contributed by atoms with Crippen molar-refractivity contribution in [3.8, 4) is 22.5 Å². The highest BCUT2D eigenvalue weighted by Gasteiger charge is 2.16. The number of nitrogens with two attached hydrogens (primary N) is 1. The summed E-state index contributed by atoms with van der Waals surface area (Å²) >= 11 is 0. The normalized spacial score (nSPS) is 11.9. The first-order valence-corrected chi connectivity index (χ1v) is 10.1. The number of aromatic nitrogens is 5. The molecule has 4 N–H and O–H groups in total. The second-order valence-electron chi connectivity index (χ2n) is 6.33. The molecule has 0 aliphatic carbocycles. The fourth-order valence-corrected chi connectivity index (χ4v) is 4.01. The molecule has 9 nitrogen and oxygen atoms in total. The smallest absolute Gasteiger partial charge is 0.240 e. The zero-order valence-electron chi connectivity index (χ0n) is 15.3. The van der Waals surface area contributed by atoms with Crippen LogP contribution in [0.4, 0.5) is 5.82 Å². The van der Waals surface area contributed by atoms with E-state index >= 15 is 0 Å². The Kier molecular flexibility index (Phi) is 4.36. The Hall–Kier alpha value is -3.24. The first-order valence-electron chi connectivity index (χ1n) is 8.61. The maximum atomic E-state index is 12.2. The molecular formula is C18H19N7O2S. The number of fused-ring (bicyclic) bond motifs is 1. The highest BCUT2D eigenvalue weighted by atomic mass is 32.2. The minimum absolute atomic E-state index is 0.162. The fraction of sp³-hybridized carbons (Fsp3) is 0.167. The number of benzene rings is 1. The zero-order chi connectivity index (χ0) is 19.9. The van der Waals surface area contributed by atoms with Gasteiger partial charge in [-0.1, -0.05) is 6.92 Å². The molecule has 144 valence electrons. The lowest BCUT2D eigenvalue weighted by atomic mass is 10.1. The van der Waals surface area contributed by atoms with E-state index in [0.29, 0.717) is 34.8 Å². The maximum absolute atomic E-state index is 12.2. The van der Waals surface area contributed by atoms with Crippen molar-refractivity contribution < 1.29 is 8.42 Å². The van der Waals surface area contributed by atoms with Crippen LogP contribution in [-0.4, -0.2) is 39.7 Å². The first-order chi connectivity index (χ1) is 13.4. The van der Waals surface area contributed by atoms with Crippen LogP contribution in [0.2, 0.25) is 0 Å². The number of sulfonamides is 1. The quantitative estimate of drug-likeness (QED) is 0.471. The number of hydrogen-bond donors (Lipinski definition) is 3. The van der Waals surface area contributed by atoms with Gasteiger partial charge in [0, 0.05) is 37.1 Å². The third-order valence-electron chi connectivity index (χ3n) is 4.31. The topological polar surface area (TPSA) is 132 Å². The van der Waals surface area contributed by atoms with Crippen LogP contribution in [0, 0.1) is 0 Å². The maximum Gasteiger partial charge on any atom is 0.240 e. The molecule has 0 saturated carbocycles. The van der Waals surface area contributed by atoms with E-state index in [2.05, 4.69) is 24.8 Å². The number of pyridine rings is 1. The van der Waals surface area contributed by atoms with Gasteiger partial charge in [0.2, 0.25) is 10.0 Å². The van der Waals surface area contributed by atoms with Crippen molar-refractivity contribution in [2.24, 2.45) is 7.05 Å². The van der Waals surface area contributed by atoms with Gasteiger partial charge in [0.25, 0.3) is 0 Å². The van der Waals surface area contributed by atoms with Gasteiger partial charge in [0.15, 0.2) is 0 Å². The van der Waals surface area contributed by atoms with E-state index in [1.54, 1.807) is 30.1 Å². The molecule has 4 aromatic rings. The summed E-state index contributed by atoms with van der Waals surface area (Å²) in [4.78, 5) is 12.1. The van der Waals surface area contributed by atoms with Gasteiger partial charge in [0.1, 0.15) is 11.6 Å². The van der Waals surface area contributed by atoms with E-state index in [9.17, 15) is 8.42 Å². The molecule has 0 bridgehead atoms. The van der Waals surface area contributed by atoms with Gasteiger partial charge >= 0.3 is 0 Å². The molecule has 0 saturated heterocycles. The Morgan fingerprint density at radius 1 is 1.21 bits per heavy atom. The number of nitrogens with one attached hydrogen (secondary N) is 2. The van der Waals surface area contributed by atoms with E-state index in [0.717, 1.165) is 11.1 Å². The van der Waals surface area contributed by atoms with E-state index < -0.39 is 10.0 Å². The van der Waals surface area contributed by atoms with Crippen LogP contribution in [-0.2, 0) is 17.1 Å². The second kappa shape index (κ2) is 6.73. The largest absolute Gasteiger partial charge is 0.383 e. The molecule has 0 atom stereocenters. The summed E-state index contributed by atoms with van der Waals surface area (Å²) in [5.74, 6) is 0.843. The minimum atomic E-state index is -3.56. The summed E-state index contributed by atoms with van der Waals surface area (Å²) in [5, 5.41) is 4.17. The van der Waals surface area contributed by atoms with Crippen LogP contribution in [0.1, 0.15) is 6.92 Å². The lowest BCUT2D eigenvalue weighted by Gasteiger charge is -2.04. The monoisotopic (exact) mass is 397 g/mol. The van der Waals surface area contributed by atoms with Gasteiger partial charge < -0.3 is 10.7 Å². The molecule has 4 rings (SSSR count). The molecule has 28 heavy (non-hydrogen) atoms. The van der Waals surface area contributed by atoms with Gasteiger partial charge in [-0.2, -0.15) is 5.10 Å². The Labute approximate surface area is 161 Å². The van der Waals surface area contributed by atoms with Gasteiger partial charge in [-0.15, -0.1) is 0 Å². The van der Waals surface area contributed by atoms with Gasteiger partial charge in [0.05, 0.1) is 27.7 Å². The highest BCUT2D eigenvalue weighted by Crippen LogP contribution is 2.29. The molecule has 0 aliphatic rings. The summed E-state index contributed by atoms with van der Waals surface area (Å²) in [7, 11) is -1.72. The number of aryl methyl sites for hydroxylation is 1. The molecule has 3 heterocycles. The van der Waals surface area contributed by atoms with Crippen molar-refractivity contribution in [3.63, 3.8) is 0 Å². The predicted molar refractivity (Wildman–Crippen MR) is 107 cm³/mol. The van der Waals surface area contributed by atoms with Gasteiger partial charge in [-0.25, -0.2) is 23.1 Å². The fourth-order valence-electron chi connectivity index (χ4n) is 2.95. The Bertz CT molecular complexity index is 1270. The van der Waals surface area contributed by atoms with E-state index in [1.807, 2.05) is 19.3 Å². The number of imidazole rings is 1. The summed E-state index contributed by atoms with van der Waals surface area (Å²) in [6.45, 7) is 2.04. The Balaban J connectivity index is 1.79. The van der Waals surface area contributed by atoms with E-state index in [-0.39, 0.29) is 4.90 Å². The molecule has 0 amide bonds. The number of anilines is 1. The van der Waals surface area contributed by atoms with Crippen LogP contribution in [0.3, 0.4) is 0 Å². The molecule has 0 radical (unpaired) electrons. The SMILES string of the molecule is CCNS(=O)(=O)c1ccc2[nH]c(-c3cc(-c4cnn(C)c4)cnc3N)nc2c1. The number of nitrogens with zero attached hydrogens (tertiary/aromatic N) is 4. The third kappa shape index (κ3) is 3.23. The van der Waals surface area contributed by atoms with Crippen molar-refractivity contribution >= 4 is 26.9 Å². The first kappa shape index (κ1) is 18.1. The molecule has 0 unspecified atom stereocenters. The third-order valence-corrected chi connectivity index (χ3v) is 5.85. The molecule has 0 fully saturated rings. The summed E-state index contributed by atoms with van der Waals surface area (Å²) in [5.41, 5.74) is 9.70. The summed E-state index contributed by atoms with van der Waals surface area (Å²) < 4.78 is 28.6. The van der Waals surface area contributed by atoms with Gasteiger partial charge in [-0.05, 0) is 24.3 Å². The number of H-pyrrole nitrogens is 1. The highest BCUT2D eigenvalue weighted by molar-refractivity contribution is 7.89. The number of nitrogen functional groups attached to an aromatic ring is 1. The average molecular weight is 397 g/mol. The predicted octanol–water partition coefficient (Wildman–Crippen LogP) is 1.91. The summed E-state index contributed by atoms with van der Waals surface area (Å²) in [6, 6.07) is 6.63. The number of hydrogen-bond acceptors (Lipinski definition) is 6. The van der Waals surface area contributed by atoms with Crippen LogP contribution >= 0.6 is 0 Å². The number of aromatic amines is 1. The van der Waals surface area contributed by atoms with Crippen molar-refractivity contribution in [3.05, 3.63) is 42.9 Å².